The van der Waals surface area contributed by atoms with Crippen LogP contribution in [0.3, 0.4) is 0 Å². The molecule has 0 aliphatic rings. The highest BCUT2D eigenvalue weighted by atomic mass is 19.1. The zero-order valence-corrected chi connectivity index (χ0v) is 8.70. The van der Waals surface area contributed by atoms with E-state index >= 15 is 0 Å². The van der Waals surface area contributed by atoms with Crippen molar-refractivity contribution in [2.24, 2.45) is 0 Å². The third-order valence-electron chi connectivity index (χ3n) is 2.28. The monoisotopic (exact) mass is 219 g/mol. The highest BCUT2D eigenvalue weighted by Crippen LogP contribution is 2.18. The van der Waals surface area contributed by atoms with Gasteiger partial charge in [-0.2, -0.15) is 0 Å². The van der Waals surface area contributed by atoms with Crippen LogP contribution in [-0.4, -0.2) is 15.0 Å². The van der Waals surface area contributed by atoms with Crippen LogP contribution >= 0.6 is 0 Å². The van der Waals surface area contributed by atoms with Gasteiger partial charge in [-0.25, -0.2) is 9.37 Å². The molecule has 0 bridgehead atoms. The lowest BCUT2D eigenvalue weighted by molar-refractivity contribution is 0.622. The van der Waals surface area contributed by atoms with Gasteiger partial charge in [0.15, 0.2) is 0 Å². The van der Waals surface area contributed by atoms with Crippen LogP contribution in [0, 0.1) is 5.82 Å². The Hall–Kier alpha value is -2.04. The highest BCUT2D eigenvalue weighted by molar-refractivity contribution is 5.61. The average Bonchev–Trinajstić information content (AvgIpc) is 2.28. The lowest BCUT2D eigenvalue weighted by Gasteiger charge is -2.04. The van der Waals surface area contributed by atoms with Crippen molar-refractivity contribution < 1.29 is 4.39 Å². The van der Waals surface area contributed by atoms with Gasteiger partial charge in [0.25, 0.3) is 5.56 Å². The second-order valence-electron chi connectivity index (χ2n) is 3.30. The molecule has 0 fully saturated rings. The number of nitrogens with one attached hydrogen (secondary N) is 1. The summed E-state index contributed by atoms with van der Waals surface area (Å²) in [5.74, 6) is -0.443. The summed E-state index contributed by atoms with van der Waals surface area (Å²) in [6, 6.07) is 1.31. The van der Waals surface area contributed by atoms with Gasteiger partial charge in [-0.3, -0.25) is 9.78 Å². The summed E-state index contributed by atoms with van der Waals surface area (Å²) in [5.41, 5.74) is 1.34. The van der Waals surface area contributed by atoms with Gasteiger partial charge in [0.1, 0.15) is 5.82 Å². The average molecular weight is 219 g/mol. The molecule has 0 unspecified atom stereocenters. The zero-order chi connectivity index (χ0) is 11.5. The van der Waals surface area contributed by atoms with E-state index in [9.17, 15) is 9.18 Å². The molecular weight excluding hydrogens is 209 g/mol. The molecule has 0 atom stereocenters. The normalized spacial score (nSPS) is 10.4. The molecule has 5 heteroatoms. The van der Waals surface area contributed by atoms with Crippen LogP contribution in [0.2, 0.25) is 0 Å². The van der Waals surface area contributed by atoms with Gasteiger partial charge in [0.05, 0.1) is 18.2 Å². The SMILES string of the molecule is CCc1c(-c2cncc(F)c2)nc[nH]c1=O. The van der Waals surface area contributed by atoms with Gasteiger partial charge in [-0.05, 0) is 12.5 Å². The molecule has 2 heterocycles. The van der Waals surface area contributed by atoms with Crippen molar-refractivity contribution in [3.05, 3.63) is 46.5 Å². The van der Waals surface area contributed by atoms with Crippen LogP contribution in [-0.2, 0) is 6.42 Å². The van der Waals surface area contributed by atoms with Crippen LogP contribution < -0.4 is 5.56 Å². The van der Waals surface area contributed by atoms with E-state index in [-0.39, 0.29) is 5.56 Å². The van der Waals surface area contributed by atoms with E-state index in [1.807, 2.05) is 6.92 Å². The van der Waals surface area contributed by atoms with Crippen LogP contribution in [0.15, 0.2) is 29.6 Å². The lowest BCUT2D eigenvalue weighted by Crippen LogP contribution is -2.14. The zero-order valence-electron chi connectivity index (χ0n) is 8.70. The minimum atomic E-state index is -0.443. The summed E-state index contributed by atoms with van der Waals surface area (Å²) in [6.45, 7) is 1.85. The second kappa shape index (κ2) is 4.22. The maximum atomic E-state index is 13.0. The standard InChI is InChI=1S/C11H10FN3O/c1-2-9-10(14-6-15-11(9)16)7-3-8(12)5-13-4-7/h3-6H,2H2,1H3,(H,14,15,16). The van der Waals surface area contributed by atoms with Crippen molar-refractivity contribution in [1.82, 2.24) is 15.0 Å². The van der Waals surface area contributed by atoms with Crippen molar-refractivity contribution in [3.8, 4) is 11.3 Å². The Kier molecular flexibility index (Phi) is 2.76. The number of aromatic nitrogens is 3. The van der Waals surface area contributed by atoms with Gasteiger partial charge >= 0.3 is 0 Å². The van der Waals surface area contributed by atoms with Crippen molar-refractivity contribution in [2.45, 2.75) is 13.3 Å². The molecule has 0 spiro atoms. The first-order valence-electron chi connectivity index (χ1n) is 4.90. The quantitative estimate of drug-likeness (QED) is 0.833. The third kappa shape index (κ3) is 1.84. The van der Waals surface area contributed by atoms with Crippen LogP contribution in [0.4, 0.5) is 4.39 Å². The fraction of sp³-hybridized carbons (Fsp3) is 0.182. The fourth-order valence-electron chi connectivity index (χ4n) is 1.55. The third-order valence-corrected chi connectivity index (χ3v) is 2.28. The Morgan fingerprint density at radius 3 is 2.94 bits per heavy atom. The van der Waals surface area contributed by atoms with Crippen molar-refractivity contribution in [1.29, 1.82) is 0 Å². The summed E-state index contributed by atoms with van der Waals surface area (Å²) in [6.07, 6.45) is 4.45. The Bertz CT molecular complexity index is 565. The van der Waals surface area contributed by atoms with E-state index in [0.29, 0.717) is 23.2 Å². The topological polar surface area (TPSA) is 58.6 Å². The van der Waals surface area contributed by atoms with Gasteiger partial charge in [0.2, 0.25) is 0 Å². The molecule has 1 N–H and O–H groups in total. The molecule has 0 saturated carbocycles. The van der Waals surface area contributed by atoms with E-state index in [1.165, 1.54) is 18.6 Å². The molecule has 0 aliphatic carbocycles. The molecular formula is C11H10FN3O. The van der Waals surface area contributed by atoms with E-state index in [1.54, 1.807) is 0 Å². The summed E-state index contributed by atoms with van der Waals surface area (Å²) >= 11 is 0. The Balaban J connectivity index is 2.64. The molecule has 0 radical (unpaired) electrons. The van der Waals surface area contributed by atoms with Crippen molar-refractivity contribution in [2.75, 3.05) is 0 Å². The maximum absolute atomic E-state index is 13.0. The number of hydrogen-bond acceptors (Lipinski definition) is 3. The predicted octanol–water partition coefficient (Wildman–Crippen LogP) is 1.53. The second-order valence-corrected chi connectivity index (χ2v) is 3.30. The predicted molar refractivity (Wildman–Crippen MR) is 57.4 cm³/mol. The smallest absolute Gasteiger partial charge is 0.254 e. The summed E-state index contributed by atoms with van der Waals surface area (Å²) in [4.78, 5) is 21.8. The van der Waals surface area contributed by atoms with Crippen LogP contribution in [0.5, 0.6) is 0 Å². The van der Waals surface area contributed by atoms with E-state index in [4.69, 9.17) is 0 Å². The first-order valence-corrected chi connectivity index (χ1v) is 4.90. The first kappa shape index (κ1) is 10.5. The van der Waals surface area contributed by atoms with Gasteiger partial charge < -0.3 is 4.98 Å². The number of rotatable bonds is 2. The van der Waals surface area contributed by atoms with Gasteiger partial charge in [0, 0.05) is 17.3 Å². The molecule has 0 aliphatic heterocycles. The lowest BCUT2D eigenvalue weighted by atomic mass is 10.1. The first-order chi connectivity index (χ1) is 7.72. The molecule has 2 rings (SSSR count). The fourth-order valence-corrected chi connectivity index (χ4v) is 1.55. The Morgan fingerprint density at radius 2 is 2.25 bits per heavy atom. The number of H-pyrrole nitrogens is 1. The Labute approximate surface area is 91.2 Å². The van der Waals surface area contributed by atoms with E-state index < -0.39 is 5.82 Å². The van der Waals surface area contributed by atoms with E-state index in [2.05, 4.69) is 15.0 Å². The van der Waals surface area contributed by atoms with Gasteiger partial charge in [-0.15, -0.1) is 0 Å². The van der Waals surface area contributed by atoms with Crippen molar-refractivity contribution >= 4 is 0 Å². The number of aromatic amines is 1. The molecule has 0 aromatic carbocycles. The molecule has 4 nitrogen and oxygen atoms in total. The summed E-state index contributed by atoms with van der Waals surface area (Å²) in [5, 5.41) is 0. The Morgan fingerprint density at radius 1 is 1.44 bits per heavy atom. The molecule has 0 amide bonds. The molecule has 0 saturated heterocycles. The number of nitrogens with zero attached hydrogens (tertiary/aromatic N) is 2. The minimum Gasteiger partial charge on any atom is -0.313 e. The summed E-state index contributed by atoms with van der Waals surface area (Å²) < 4.78 is 13.0. The molecule has 2 aromatic rings. The number of halogens is 1. The highest BCUT2D eigenvalue weighted by Gasteiger charge is 2.09. The molecule has 82 valence electrons. The van der Waals surface area contributed by atoms with E-state index in [0.717, 1.165) is 6.20 Å². The molecule has 16 heavy (non-hydrogen) atoms. The largest absolute Gasteiger partial charge is 0.313 e. The number of pyridine rings is 1. The van der Waals surface area contributed by atoms with Crippen molar-refractivity contribution in [3.63, 3.8) is 0 Å². The minimum absolute atomic E-state index is 0.197. The van der Waals surface area contributed by atoms with Gasteiger partial charge in [-0.1, -0.05) is 6.92 Å². The summed E-state index contributed by atoms with van der Waals surface area (Å²) in [7, 11) is 0. The van der Waals surface area contributed by atoms with Crippen LogP contribution in [0.25, 0.3) is 11.3 Å². The maximum Gasteiger partial charge on any atom is 0.254 e. The number of hydrogen-bond donors (Lipinski definition) is 1. The molecule has 2 aromatic heterocycles. The van der Waals surface area contributed by atoms with Crippen LogP contribution in [0.1, 0.15) is 12.5 Å².